The van der Waals surface area contributed by atoms with Crippen molar-refractivity contribution < 1.29 is 4.74 Å². The second-order valence-corrected chi connectivity index (χ2v) is 14.0. The number of hydrogen-bond donors (Lipinski definition) is 0. The Morgan fingerprint density at radius 1 is 0.288 bits per heavy atom. The molecule has 0 aliphatic carbocycles. The first-order chi connectivity index (χ1) is 29.1. The van der Waals surface area contributed by atoms with E-state index in [2.05, 4.69) is 54.6 Å². The fourth-order valence-corrected chi connectivity index (χ4v) is 6.98. The van der Waals surface area contributed by atoms with Gasteiger partial charge in [0.25, 0.3) is 0 Å². The van der Waals surface area contributed by atoms with Crippen molar-refractivity contribution >= 4 is 0 Å². The molecule has 276 valence electrons. The molecular formula is C53H33N5O. The van der Waals surface area contributed by atoms with Crippen molar-refractivity contribution in [3.8, 4) is 102 Å². The van der Waals surface area contributed by atoms with Crippen LogP contribution in [0, 0.1) is 22.7 Å². The van der Waals surface area contributed by atoms with Gasteiger partial charge in [0.05, 0.1) is 23.3 Å². The van der Waals surface area contributed by atoms with E-state index in [1.165, 1.54) is 0 Å². The fourth-order valence-electron chi connectivity index (χ4n) is 6.98. The molecule has 0 N–H and O–H groups in total. The average Bonchev–Trinajstić information content (AvgIpc) is 3.32. The summed E-state index contributed by atoms with van der Waals surface area (Å²) in [4.78, 5) is 14.5. The van der Waals surface area contributed by atoms with E-state index in [-0.39, 0.29) is 0 Å². The molecule has 0 saturated carbocycles. The molecular weight excluding hydrogens is 723 g/mol. The molecule has 0 saturated heterocycles. The second-order valence-electron chi connectivity index (χ2n) is 14.0. The lowest BCUT2D eigenvalue weighted by atomic mass is 9.92. The topological polar surface area (TPSA) is 95.5 Å². The molecule has 0 aliphatic heterocycles. The van der Waals surface area contributed by atoms with Gasteiger partial charge in [-0.3, -0.25) is 0 Å². The minimum atomic E-state index is 0.597. The van der Waals surface area contributed by atoms with Crippen molar-refractivity contribution in [2.24, 2.45) is 0 Å². The zero-order chi connectivity index (χ0) is 40.0. The summed E-state index contributed by atoms with van der Waals surface area (Å²) >= 11 is 0. The highest BCUT2D eigenvalue weighted by atomic mass is 16.5. The molecule has 0 unspecified atom stereocenters. The Morgan fingerprint density at radius 2 is 0.610 bits per heavy atom. The third kappa shape index (κ3) is 8.11. The zero-order valence-electron chi connectivity index (χ0n) is 31.7. The SMILES string of the molecule is N#Cc1cccc(-c2cc(-c3ccc(Oc4ccc(-c5ccc(-c6nc(-c7ccccc7)nc(-c7ccccc7)n6)cc5)cc4)cc3)cc(-c3cccc(C#N)c3)c2)c1. The van der Waals surface area contributed by atoms with E-state index in [1.807, 2.05) is 146 Å². The predicted molar refractivity (Wildman–Crippen MR) is 234 cm³/mol. The Balaban J connectivity index is 0.939. The molecule has 0 aliphatic rings. The molecule has 59 heavy (non-hydrogen) atoms. The van der Waals surface area contributed by atoms with Crippen LogP contribution in [0.15, 0.2) is 200 Å². The molecule has 8 aromatic carbocycles. The molecule has 0 bridgehead atoms. The Labute approximate surface area is 342 Å². The van der Waals surface area contributed by atoms with E-state index < -0.39 is 0 Å². The number of ether oxygens (including phenoxy) is 1. The summed E-state index contributed by atoms with van der Waals surface area (Å²) in [6.07, 6.45) is 0. The Hall–Kier alpha value is -8.45. The molecule has 0 radical (unpaired) electrons. The summed E-state index contributed by atoms with van der Waals surface area (Å²) in [6, 6.07) is 70.3. The van der Waals surface area contributed by atoms with Gasteiger partial charge < -0.3 is 4.74 Å². The number of hydrogen-bond acceptors (Lipinski definition) is 6. The summed E-state index contributed by atoms with van der Waals surface area (Å²) in [5, 5.41) is 19.1. The predicted octanol–water partition coefficient (Wildman–Crippen LogP) is 13.1. The van der Waals surface area contributed by atoms with Crippen molar-refractivity contribution in [3.05, 3.63) is 211 Å². The van der Waals surface area contributed by atoms with Crippen LogP contribution < -0.4 is 4.74 Å². The Kier molecular flexibility index (Phi) is 10.0. The van der Waals surface area contributed by atoms with Crippen molar-refractivity contribution in [1.29, 1.82) is 10.5 Å². The number of aromatic nitrogens is 3. The van der Waals surface area contributed by atoms with Gasteiger partial charge in [0.15, 0.2) is 17.5 Å². The monoisotopic (exact) mass is 755 g/mol. The number of benzene rings is 8. The van der Waals surface area contributed by atoms with Gasteiger partial charge in [-0.05, 0) is 111 Å². The molecule has 6 heteroatoms. The summed E-state index contributed by atoms with van der Waals surface area (Å²) < 4.78 is 6.29. The second kappa shape index (κ2) is 16.3. The third-order valence-corrected chi connectivity index (χ3v) is 10.0. The zero-order valence-corrected chi connectivity index (χ0v) is 31.7. The van der Waals surface area contributed by atoms with Crippen LogP contribution in [-0.4, -0.2) is 15.0 Å². The van der Waals surface area contributed by atoms with Gasteiger partial charge in [0.1, 0.15) is 11.5 Å². The lowest BCUT2D eigenvalue weighted by molar-refractivity contribution is 0.483. The maximum atomic E-state index is 9.55. The van der Waals surface area contributed by atoms with Crippen LogP contribution in [-0.2, 0) is 0 Å². The van der Waals surface area contributed by atoms with Crippen molar-refractivity contribution in [2.75, 3.05) is 0 Å². The van der Waals surface area contributed by atoms with E-state index >= 15 is 0 Å². The summed E-state index contributed by atoms with van der Waals surface area (Å²) in [5.74, 6) is 3.31. The lowest BCUT2D eigenvalue weighted by Gasteiger charge is -2.13. The molecule has 9 aromatic rings. The number of rotatable bonds is 9. The standard InChI is InChI=1S/C53H33N5O/c54-34-36-9-7-15-44(29-36)47-31-46(32-48(33-47)45-16-8-10-37(30-45)35-55)40-23-27-50(28-24-40)59-49-25-21-39(22-26-49)38-17-19-43(20-18-38)53-57-51(41-11-3-1-4-12-41)56-52(58-53)42-13-5-2-6-14-42/h1-33H. The van der Waals surface area contributed by atoms with Crippen LogP contribution in [0.4, 0.5) is 0 Å². The minimum Gasteiger partial charge on any atom is -0.457 e. The van der Waals surface area contributed by atoms with Gasteiger partial charge in [-0.2, -0.15) is 10.5 Å². The van der Waals surface area contributed by atoms with Crippen molar-refractivity contribution in [1.82, 2.24) is 15.0 Å². The van der Waals surface area contributed by atoms with Gasteiger partial charge in [-0.25, -0.2) is 15.0 Å². The maximum Gasteiger partial charge on any atom is 0.164 e. The highest BCUT2D eigenvalue weighted by molar-refractivity contribution is 5.82. The fraction of sp³-hybridized carbons (Fsp3) is 0. The van der Waals surface area contributed by atoms with Gasteiger partial charge in [0, 0.05) is 16.7 Å². The average molecular weight is 756 g/mol. The number of nitriles is 2. The molecule has 6 nitrogen and oxygen atoms in total. The van der Waals surface area contributed by atoms with Crippen LogP contribution >= 0.6 is 0 Å². The van der Waals surface area contributed by atoms with Gasteiger partial charge in [-0.1, -0.05) is 133 Å². The smallest absolute Gasteiger partial charge is 0.164 e. The molecule has 1 heterocycles. The van der Waals surface area contributed by atoms with Crippen LogP contribution in [0.3, 0.4) is 0 Å². The first-order valence-corrected chi connectivity index (χ1v) is 19.1. The number of nitrogens with zero attached hydrogens (tertiary/aromatic N) is 5. The quantitative estimate of drug-likeness (QED) is 0.146. The van der Waals surface area contributed by atoms with Gasteiger partial charge in [0.2, 0.25) is 0 Å². The van der Waals surface area contributed by atoms with Gasteiger partial charge >= 0.3 is 0 Å². The largest absolute Gasteiger partial charge is 0.457 e. The molecule has 0 atom stereocenters. The van der Waals surface area contributed by atoms with Crippen LogP contribution in [0.1, 0.15) is 11.1 Å². The summed E-state index contributed by atoms with van der Waals surface area (Å²) in [7, 11) is 0. The Bertz CT molecular complexity index is 2870. The first-order valence-electron chi connectivity index (χ1n) is 19.1. The van der Waals surface area contributed by atoms with E-state index in [1.54, 1.807) is 12.1 Å². The van der Waals surface area contributed by atoms with Crippen LogP contribution in [0.5, 0.6) is 11.5 Å². The molecule has 1 aromatic heterocycles. The molecule has 0 amide bonds. The van der Waals surface area contributed by atoms with E-state index in [0.717, 1.165) is 66.9 Å². The van der Waals surface area contributed by atoms with E-state index in [4.69, 9.17) is 19.7 Å². The first kappa shape index (κ1) is 36.2. The highest BCUT2D eigenvalue weighted by Crippen LogP contribution is 2.35. The van der Waals surface area contributed by atoms with Crippen molar-refractivity contribution in [2.45, 2.75) is 0 Å². The summed E-state index contributed by atoms with van der Waals surface area (Å²) in [5.41, 5.74) is 11.9. The van der Waals surface area contributed by atoms with Crippen LogP contribution in [0.25, 0.3) is 78.7 Å². The minimum absolute atomic E-state index is 0.597. The van der Waals surface area contributed by atoms with E-state index in [0.29, 0.717) is 34.3 Å². The van der Waals surface area contributed by atoms with Gasteiger partial charge in [-0.15, -0.1) is 0 Å². The summed E-state index contributed by atoms with van der Waals surface area (Å²) in [6.45, 7) is 0. The third-order valence-electron chi connectivity index (χ3n) is 10.0. The molecule has 0 fully saturated rings. The highest BCUT2D eigenvalue weighted by Gasteiger charge is 2.13. The molecule has 9 rings (SSSR count). The van der Waals surface area contributed by atoms with E-state index in [9.17, 15) is 10.5 Å². The van der Waals surface area contributed by atoms with Crippen molar-refractivity contribution in [3.63, 3.8) is 0 Å². The van der Waals surface area contributed by atoms with Crippen LogP contribution in [0.2, 0.25) is 0 Å². The normalized spacial score (nSPS) is 10.7. The Morgan fingerprint density at radius 3 is 1.02 bits per heavy atom. The molecule has 0 spiro atoms. The maximum absolute atomic E-state index is 9.55. The lowest BCUT2D eigenvalue weighted by Crippen LogP contribution is -2.00.